The highest BCUT2D eigenvalue weighted by Gasteiger charge is 2.19. The van der Waals surface area contributed by atoms with Crippen molar-refractivity contribution in [3.8, 4) is 0 Å². The first-order chi connectivity index (χ1) is 10.6. The number of H-pyrrole nitrogens is 1. The molecule has 0 unspecified atom stereocenters. The van der Waals surface area contributed by atoms with E-state index >= 15 is 0 Å². The maximum absolute atomic E-state index is 11.7. The molecule has 0 saturated carbocycles. The van der Waals surface area contributed by atoms with Crippen LogP contribution in [0.1, 0.15) is 23.0 Å². The second-order valence-electron chi connectivity index (χ2n) is 4.17. The van der Waals surface area contributed by atoms with Crippen molar-refractivity contribution in [2.24, 2.45) is 0 Å². The lowest BCUT2D eigenvalue weighted by Crippen LogP contribution is -2.14. The van der Waals surface area contributed by atoms with Crippen molar-refractivity contribution in [2.75, 3.05) is 11.9 Å². The number of esters is 1. The van der Waals surface area contributed by atoms with E-state index in [1.54, 1.807) is 6.92 Å². The second-order valence-corrected chi connectivity index (χ2v) is 4.96. The Hall–Kier alpha value is -2.35. The number of ether oxygens (including phenoxy) is 2. The van der Waals surface area contributed by atoms with Gasteiger partial charge in [0.15, 0.2) is 11.5 Å². The maximum atomic E-state index is 11.7. The second kappa shape index (κ2) is 7.60. The number of halogens is 1. The fourth-order valence-electron chi connectivity index (χ4n) is 1.61. The maximum Gasteiger partial charge on any atom is 0.413 e. The summed E-state index contributed by atoms with van der Waals surface area (Å²) >= 11 is 3.18. The van der Waals surface area contributed by atoms with Gasteiger partial charge in [0.1, 0.15) is 6.61 Å². The lowest BCUT2D eigenvalue weighted by molar-refractivity contribution is 0.0518. The van der Waals surface area contributed by atoms with Crippen molar-refractivity contribution in [1.29, 1.82) is 0 Å². The molecule has 0 saturated heterocycles. The Balaban J connectivity index is 1.93. The van der Waals surface area contributed by atoms with Crippen molar-refractivity contribution >= 4 is 33.8 Å². The van der Waals surface area contributed by atoms with E-state index < -0.39 is 12.1 Å². The van der Waals surface area contributed by atoms with Crippen LogP contribution in [-0.4, -0.2) is 28.9 Å². The minimum absolute atomic E-state index is 0.125. The largest absolute Gasteiger partial charge is 0.461 e. The predicted octanol–water partition coefficient (Wildman–Crippen LogP) is 3.10. The van der Waals surface area contributed by atoms with Crippen LogP contribution in [0.2, 0.25) is 0 Å². The van der Waals surface area contributed by atoms with E-state index in [9.17, 15) is 9.59 Å². The molecule has 1 amide bonds. The zero-order valence-electron chi connectivity index (χ0n) is 11.8. The van der Waals surface area contributed by atoms with Gasteiger partial charge in [0, 0.05) is 0 Å². The van der Waals surface area contributed by atoms with Crippen molar-refractivity contribution in [3.63, 3.8) is 0 Å². The molecule has 8 heteroatoms. The summed E-state index contributed by atoms with van der Waals surface area (Å²) < 4.78 is 10.2. The first-order valence-corrected chi connectivity index (χ1v) is 7.29. The van der Waals surface area contributed by atoms with Crippen molar-refractivity contribution in [2.45, 2.75) is 13.5 Å². The molecule has 0 aliphatic rings. The Bertz CT molecular complexity index is 657. The van der Waals surface area contributed by atoms with Crippen LogP contribution in [0.5, 0.6) is 0 Å². The summed E-state index contributed by atoms with van der Waals surface area (Å²) in [7, 11) is 0. The van der Waals surface area contributed by atoms with Gasteiger partial charge in [-0.25, -0.2) is 9.59 Å². The van der Waals surface area contributed by atoms with E-state index in [1.165, 1.54) is 0 Å². The molecule has 1 heterocycles. The van der Waals surface area contributed by atoms with Crippen LogP contribution in [0, 0.1) is 0 Å². The van der Waals surface area contributed by atoms with E-state index in [-0.39, 0.29) is 24.7 Å². The van der Waals surface area contributed by atoms with Gasteiger partial charge in [-0.3, -0.25) is 10.4 Å². The van der Waals surface area contributed by atoms with Gasteiger partial charge in [0.25, 0.3) is 0 Å². The molecule has 2 aromatic rings. The molecule has 0 spiro atoms. The molecule has 0 fully saturated rings. The number of amides is 1. The smallest absolute Gasteiger partial charge is 0.413 e. The molecule has 7 nitrogen and oxygen atoms in total. The molecular formula is C14H14BrN3O4. The van der Waals surface area contributed by atoms with Gasteiger partial charge < -0.3 is 9.47 Å². The molecule has 0 aliphatic heterocycles. The summed E-state index contributed by atoms with van der Waals surface area (Å²) in [6.45, 7) is 2.08. The quantitative estimate of drug-likeness (QED) is 0.791. The zero-order chi connectivity index (χ0) is 15.9. The lowest BCUT2D eigenvalue weighted by Gasteiger charge is -2.05. The van der Waals surface area contributed by atoms with E-state index in [4.69, 9.17) is 9.47 Å². The number of nitrogens with zero attached hydrogens (tertiary/aromatic N) is 1. The van der Waals surface area contributed by atoms with Crippen LogP contribution >= 0.6 is 15.9 Å². The summed E-state index contributed by atoms with van der Waals surface area (Å²) in [5.74, 6) is -0.409. The Labute approximate surface area is 135 Å². The molecule has 0 aliphatic carbocycles. The molecule has 0 atom stereocenters. The van der Waals surface area contributed by atoms with E-state index in [1.807, 2.05) is 30.3 Å². The fourth-order valence-corrected chi connectivity index (χ4v) is 2.04. The number of nitrogens with one attached hydrogen (secondary N) is 2. The van der Waals surface area contributed by atoms with Gasteiger partial charge in [-0.1, -0.05) is 30.3 Å². The number of aromatic nitrogens is 2. The molecule has 0 bridgehead atoms. The summed E-state index contributed by atoms with van der Waals surface area (Å²) in [4.78, 5) is 23.3. The number of carbonyl (C=O) groups excluding carboxylic acids is 2. The summed E-state index contributed by atoms with van der Waals surface area (Å²) in [5.41, 5.74) is 0.992. The van der Waals surface area contributed by atoms with Crippen LogP contribution in [0.4, 0.5) is 10.6 Å². The van der Waals surface area contributed by atoms with E-state index in [0.717, 1.165) is 5.56 Å². The molecular weight excluding hydrogens is 354 g/mol. The molecule has 2 N–H and O–H groups in total. The third kappa shape index (κ3) is 4.08. The Kier molecular flexibility index (Phi) is 5.54. The zero-order valence-corrected chi connectivity index (χ0v) is 13.3. The van der Waals surface area contributed by atoms with Gasteiger partial charge >= 0.3 is 12.1 Å². The number of benzene rings is 1. The van der Waals surface area contributed by atoms with Crippen LogP contribution in [-0.2, 0) is 16.1 Å². The summed E-state index contributed by atoms with van der Waals surface area (Å²) in [6, 6.07) is 9.27. The number of hydrogen-bond acceptors (Lipinski definition) is 5. The predicted molar refractivity (Wildman–Crippen MR) is 82.5 cm³/mol. The van der Waals surface area contributed by atoms with Crippen molar-refractivity contribution < 1.29 is 19.1 Å². The number of rotatable bonds is 5. The average molecular weight is 368 g/mol. The van der Waals surface area contributed by atoms with Gasteiger partial charge in [0.2, 0.25) is 0 Å². The Morgan fingerprint density at radius 2 is 2.00 bits per heavy atom. The Morgan fingerprint density at radius 3 is 2.68 bits per heavy atom. The highest BCUT2D eigenvalue weighted by molar-refractivity contribution is 9.10. The first kappa shape index (κ1) is 16.0. The van der Waals surface area contributed by atoms with Gasteiger partial charge in [-0.2, -0.15) is 5.10 Å². The summed E-state index contributed by atoms with van der Waals surface area (Å²) in [5, 5.41) is 8.77. The van der Waals surface area contributed by atoms with Crippen LogP contribution in [0.3, 0.4) is 0 Å². The van der Waals surface area contributed by atoms with Crippen LogP contribution in [0.25, 0.3) is 0 Å². The standard InChI is InChI=1S/C14H14BrN3O4/c1-2-21-13(19)11-10(15)12(18-17-11)16-14(20)22-8-9-6-4-3-5-7-9/h3-7H,2,8H2,1H3,(H2,16,17,18,20). The number of hydrogen-bond donors (Lipinski definition) is 2. The minimum Gasteiger partial charge on any atom is -0.461 e. The number of aromatic amines is 1. The number of carbonyl (C=O) groups is 2. The van der Waals surface area contributed by atoms with Gasteiger partial charge in [0.05, 0.1) is 11.1 Å². The van der Waals surface area contributed by atoms with Gasteiger partial charge in [-0.15, -0.1) is 0 Å². The molecule has 1 aromatic heterocycles. The molecule has 116 valence electrons. The lowest BCUT2D eigenvalue weighted by atomic mass is 10.2. The normalized spacial score (nSPS) is 10.1. The minimum atomic E-state index is -0.675. The monoisotopic (exact) mass is 367 g/mol. The Morgan fingerprint density at radius 1 is 1.27 bits per heavy atom. The average Bonchev–Trinajstić information content (AvgIpc) is 2.88. The molecule has 2 rings (SSSR count). The molecule has 1 aromatic carbocycles. The third-order valence-electron chi connectivity index (χ3n) is 2.62. The van der Waals surface area contributed by atoms with Crippen molar-refractivity contribution in [1.82, 2.24) is 10.2 Å². The molecule has 22 heavy (non-hydrogen) atoms. The SMILES string of the molecule is CCOC(=O)c1[nH]nc(NC(=O)OCc2ccccc2)c1Br. The van der Waals surface area contributed by atoms with Crippen molar-refractivity contribution in [3.05, 3.63) is 46.1 Å². The highest BCUT2D eigenvalue weighted by Crippen LogP contribution is 2.24. The van der Waals surface area contributed by atoms with Crippen LogP contribution in [0.15, 0.2) is 34.8 Å². The van der Waals surface area contributed by atoms with Gasteiger partial charge in [-0.05, 0) is 28.4 Å². The van der Waals surface area contributed by atoms with Crippen LogP contribution < -0.4 is 5.32 Å². The highest BCUT2D eigenvalue weighted by atomic mass is 79.9. The summed E-state index contributed by atoms with van der Waals surface area (Å²) in [6.07, 6.45) is -0.675. The fraction of sp³-hybridized carbons (Fsp3) is 0.214. The number of anilines is 1. The van der Waals surface area contributed by atoms with E-state index in [0.29, 0.717) is 4.47 Å². The topological polar surface area (TPSA) is 93.3 Å². The van der Waals surface area contributed by atoms with E-state index in [2.05, 4.69) is 31.4 Å². The first-order valence-electron chi connectivity index (χ1n) is 6.50. The third-order valence-corrected chi connectivity index (χ3v) is 3.39. The molecule has 0 radical (unpaired) electrons.